The molecular formula is C11H12BrFN2. The molecule has 2 nitrogen and oxygen atoms in total. The number of halogens is 2. The molecule has 0 fully saturated rings. The zero-order valence-corrected chi connectivity index (χ0v) is 10.0. The molecule has 2 rings (SSSR count). The topological polar surface area (TPSA) is 30.9 Å². The maximum absolute atomic E-state index is 13.1. The SMILES string of the molecule is Cn1c(CCN)c(Br)c2cc(F)ccc21. The van der Waals surface area contributed by atoms with Gasteiger partial charge in [0.2, 0.25) is 0 Å². The lowest BCUT2D eigenvalue weighted by Gasteiger charge is -2.02. The Bertz CT molecular complexity index is 505. The van der Waals surface area contributed by atoms with E-state index in [4.69, 9.17) is 5.73 Å². The molecular weight excluding hydrogens is 259 g/mol. The molecule has 1 aromatic carbocycles. The monoisotopic (exact) mass is 270 g/mol. The van der Waals surface area contributed by atoms with E-state index in [1.807, 2.05) is 11.6 Å². The summed E-state index contributed by atoms with van der Waals surface area (Å²) < 4.78 is 16.1. The van der Waals surface area contributed by atoms with Crippen molar-refractivity contribution in [2.45, 2.75) is 6.42 Å². The molecule has 0 spiro atoms. The molecule has 4 heteroatoms. The van der Waals surface area contributed by atoms with Crippen LogP contribution in [0.1, 0.15) is 5.69 Å². The van der Waals surface area contributed by atoms with Crippen LogP contribution in [0.4, 0.5) is 4.39 Å². The van der Waals surface area contributed by atoms with Gasteiger partial charge in [0, 0.05) is 34.5 Å². The minimum atomic E-state index is -0.215. The van der Waals surface area contributed by atoms with Crippen molar-refractivity contribution in [3.8, 4) is 0 Å². The second-order valence-electron chi connectivity index (χ2n) is 3.52. The van der Waals surface area contributed by atoms with Crippen molar-refractivity contribution in [3.05, 3.63) is 34.2 Å². The summed E-state index contributed by atoms with van der Waals surface area (Å²) in [7, 11) is 1.97. The van der Waals surface area contributed by atoms with Crippen LogP contribution in [0.5, 0.6) is 0 Å². The highest BCUT2D eigenvalue weighted by atomic mass is 79.9. The van der Waals surface area contributed by atoms with E-state index in [0.29, 0.717) is 6.54 Å². The van der Waals surface area contributed by atoms with Crippen LogP contribution in [0.2, 0.25) is 0 Å². The minimum absolute atomic E-state index is 0.215. The molecule has 2 N–H and O–H groups in total. The normalized spacial score (nSPS) is 11.2. The van der Waals surface area contributed by atoms with E-state index in [1.165, 1.54) is 6.07 Å². The first-order valence-electron chi connectivity index (χ1n) is 4.77. The largest absolute Gasteiger partial charge is 0.346 e. The average molecular weight is 271 g/mol. The molecule has 0 saturated heterocycles. The van der Waals surface area contributed by atoms with Gasteiger partial charge >= 0.3 is 0 Å². The summed E-state index contributed by atoms with van der Waals surface area (Å²) in [4.78, 5) is 0. The Morgan fingerprint density at radius 2 is 2.20 bits per heavy atom. The van der Waals surface area contributed by atoms with Gasteiger partial charge in [-0.1, -0.05) is 0 Å². The van der Waals surface area contributed by atoms with Gasteiger partial charge in [-0.2, -0.15) is 0 Å². The zero-order chi connectivity index (χ0) is 11.0. The second-order valence-corrected chi connectivity index (χ2v) is 4.31. The van der Waals surface area contributed by atoms with Crippen molar-refractivity contribution in [1.29, 1.82) is 0 Å². The van der Waals surface area contributed by atoms with Gasteiger partial charge in [0.1, 0.15) is 5.82 Å². The van der Waals surface area contributed by atoms with Crippen molar-refractivity contribution in [1.82, 2.24) is 4.57 Å². The van der Waals surface area contributed by atoms with Gasteiger partial charge in [-0.15, -0.1) is 0 Å². The Balaban J connectivity index is 2.73. The van der Waals surface area contributed by atoms with Crippen LogP contribution in [0, 0.1) is 5.82 Å². The Morgan fingerprint density at radius 1 is 1.47 bits per heavy atom. The molecule has 0 aliphatic carbocycles. The third kappa shape index (κ3) is 1.68. The first-order chi connectivity index (χ1) is 7.15. The van der Waals surface area contributed by atoms with E-state index in [-0.39, 0.29) is 5.82 Å². The highest BCUT2D eigenvalue weighted by Crippen LogP contribution is 2.30. The van der Waals surface area contributed by atoms with Gasteiger partial charge < -0.3 is 10.3 Å². The van der Waals surface area contributed by atoms with E-state index in [2.05, 4.69) is 15.9 Å². The Morgan fingerprint density at radius 3 is 2.87 bits per heavy atom. The Kier molecular flexibility index (Phi) is 2.80. The number of hydrogen-bond donors (Lipinski definition) is 1. The van der Waals surface area contributed by atoms with E-state index < -0.39 is 0 Å². The number of aryl methyl sites for hydroxylation is 1. The number of rotatable bonds is 2. The average Bonchev–Trinajstić information content (AvgIpc) is 2.44. The fraction of sp³-hybridized carbons (Fsp3) is 0.273. The summed E-state index contributed by atoms with van der Waals surface area (Å²) >= 11 is 3.49. The zero-order valence-electron chi connectivity index (χ0n) is 8.43. The van der Waals surface area contributed by atoms with Gasteiger partial charge in [-0.3, -0.25) is 0 Å². The quantitative estimate of drug-likeness (QED) is 0.894. The van der Waals surface area contributed by atoms with Gasteiger partial charge in [0.25, 0.3) is 0 Å². The molecule has 0 bridgehead atoms. The van der Waals surface area contributed by atoms with E-state index in [0.717, 1.165) is 27.5 Å². The van der Waals surface area contributed by atoms with Gasteiger partial charge in [0.05, 0.1) is 0 Å². The molecule has 1 heterocycles. The minimum Gasteiger partial charge on any atom is -0.346 e. The standard InChI is InChI=1S/C11H12BrFN2/c1-15-9-3-2-7(13)6-8(9)11(12)10(15)4-5-14/h2-3,6H,4-5,14H2,1H3. The molecule has 0 aliphatic heterocycles. The maximum atomic E-state index is 13.1. The highest BCUT2D eigenvalue weighted by molar-refractivity contribution is 9.10. The van der Waals surface area contributed by atoms with E-state index >= 15 is 0 Å². The predicted molar refractivity (Wildman–Crippen MR) is 63.3 cm³/mol. The van der Waals surface area contributed by atoms with Gasteiger partial charge in [0.15, 0.2) is 0 Å². The third-order valence-electron chi connectivity index (χ3n) is 2.60. The van der Waals surface area contributed by atoms with Crippen LogP contribution in [-0.2, 0) is 13.5 Å². The highest BCUT2D eigenvalue weighted by Gasteiger charge is 2.12. The fourth-order valence-corrected chi connectivity index (χ4v) is 2.62. The molecule has 2 aromatic rings. The summed E-state index contributed by atoms with van der Waals surface area (Å²) in [5.41, 5.74) is 7.67. The van der Waals surface area contributed by atoms with E-state index in [9.17, 15) is 4.39 Å². The molecule has 0 amide bonds. The molecule has 80 valence electrons. The summed E-state index contributed by atoms with van der Waals surface area (Å²) in [6, 6.07) is 4.80. The number of hydrogen-bond acceptors (Lipinski definition) is 1. The third-order valence-corrected chi connectivity index (χ3v) is 3.48. The number of nitrogens with two attached hydrogens (primary N) is 1. The molecule has 0 unspecified atom stereocenters. The molecule has 1 aromatic heterocycles. The predicted octanol–water partition coefficient (Wildman–Crippen LogP) is 2.58. The molecule has 0 aliphatic rings. The summed E-state index contributed by atoms with van der Waals surface area (Å²) in [5.74, 6) is -0.215. The lowest BCUT2D eigenvalue weighted by atomic mass is 10.2. The second kappa shape index (κ2) is 3.94. The molecule has 15 heavy (non-hydrogen) atoms. The van der Waals surface area contributed by atoms with Crippen LogP contribution in [0.25, 0.3) is 10.9 Å². The Hall–Kier alpha value is -0.870. The smallest absolute Gasteiger partial charge is 0.123 e. The number of fused-ring (bicyclic) bond motifs is 1. The van der Waals surface area contributed by atoms with Crippen molar-refractivity contribution in [2.24, 2.45) is 12.8 Å². The first kappa shape index (κ1) is 10.6. The molecule has 0 atom stereocenters. The van der Waals surface area contributed by atoms with Crippen molar-refractivity contribution in [3.63, 3.8) is 0 Å². The van der Waals surface area contributed by atoms with Crippen molar-refractivity contribution in [2.75, 3.05) is 6.54 Å². The lowest BCUT2D eigenvalue weighted by molar-refractivity contribution is 0.629. The Labute approximate surface area is 96.0 Å². The number of benzene rings is 1. The molecule has 0 radical (unpaired) electrons. The summed E-state index contributed by atoms with van der Waals surface area (Å²) in [5, 5.41) is 0.904. The van der Waals surface area contributed by atoms with Crippen LogP contribution in [-0.4, -0.2) is 11.1 Å². The van der Waals surface area contributed by atoms with Crippen molar-refractivity contribution < 1.29 is 4.39 Å². The van der Waals surface area contributed by atoms with Gasteiger partial charge in [-0.05, 0) is 40.7 Å². The van der Waals surface area contributed by atoms with Crippen LogP contribution < -0.4 is 5.73 Å². The molecule has 0 saturated carbocycles. The fourth-order valence-electron chi connectivity index (χ4n) is 1.84. The maximum Gasteiger partial charge on any atom is 0.123 e. The van der Waals surface area contributed by atoms with Gasteiger partial charge in [-0.25, -0.2) is 4.39 Å². The van der Waals surface area contributed by atoms with Crippen molar-refractivity contribution >= 4 is 26.8 Å². The van der Waals surface area contributed by atoms with Crippen LogP contribution >= 0.6 is 15.9 Å². The van der Waals surface area contributed by atoms with Crippen LogP contribution in [0.3, 0.4) is 0 Å². The lowest BCUT2D eigenvalue weighted by Crippen LogP contribution is -2.06. The summed E-state index contributed by atoms with van der Waals surface area (Å²) in [6.45, 7) is 0.589. The van der Waals surface area contributed by atoms with E-state index in [1.54, 1.807) is 12.1 Å². The number of nitrogens with zero attached hydrogens (tertiary/aromatic N) is 1. The first-order valence-corrected chi connectivity index (χ1v) is 5.57. The van der Waals surface area contributed by atoms with Crippen LogP contribution in [0.15, 0.2) is 22.7 Å². The number of aromatic nitrogens is 1. The summed E-state index contributed by atoms with van der Waals surface area (Å²) in [6.07, 6.45) is 0.785.